The standard InChI is InChI=1S/C27H28N4O12S4.Cu.2Na/c1-31(12-14-45(36,37)38)11-13-44(34,35)21-8-10-23(24(32)17-21)28-29-26-25(47(41,42)43)16-18-15-19(7-9-22(18)27(26)33)30-46(39,40)20-5-3-2-4-6-20;;;/h2-10,15-17,30,32-33H,11-14H2,1H3,(H,36,37,38)(H,41,42,43);;;/q;;2*+1/p-2. The van der Waals surface area contributed by atoms with Crippen LogP contribution in [0.4, 0.5) is 17.1 Å². The van der Waals surface area contributed by atoms with E-state index in [0.717, 1.165) is 24.3 Å². The van der Waals surface area contributed by atoms with Crippen LogP contribution in [-0.4, -0.2) is 89.5 Å². The van der Waals surface area contributed by atoms with Crippen LogP contribution in [0, 0.1) is 0 Å². The van der Waals surface area contributed by atoms with E-state index >= 15 is 0 Å². The van der Waals surface area contributed by atoms with E-state index in [-0.39, 0.29) is 121 Å². The number of hydrogen-bond donors (Lipinski definition) is 3. The number of fused-ring (bicyclic) bond motifs is 1. The molecule has 0 aliphatic heterocycles. The summed E-state index contributed by atoms with van der Waals surface area (Å²) < 4.78 is 122. The predicted octanol–water partition coefficient (Wildman–Crippen LogP) is -3.37. The first-order chi connectivity index (χ1) is 21.8. The van der Waals surface area contributed by atoms with E-state index in [9.17, 15) is 53.0 Å². The number of nitrogens with one attached hydrogen (secondary N) is 1. The molecule has 1 radical (unpaired) electrons. The maximum Gasteiger partial charge on any atom is 1.00 e. The van der Waals surface area contributed by atoms with Gasteiger partial charge < -0.3 is 24.2 Å². The Balaban J connectivity index is 0.00000417. The number of nitrogens with zero attached hydrogens (tertiary/aromatic N) is 3. The van der Waals surface area contributed by atoms with Crippen LogP contribution in [0.2, 0.25) is 0 Å². The molecule has 4 aromatic carbocycles. The van der Waals surface area contributed by atoms with Crippen molar-refractivity contribution in [1.82, 2.24) is 4.90 Å². The van der Waals surface area contributed by atoms with Crippen LogP contribution >= 0.6 is 0 Å². The third-order valence-corrected chi connectivity index (χ3v) is 11.3. The smallest absolute Gasteiger partial charge is 0.748 e. The van der Waals surface area contributed by atoms with Gasteiger partial charge in [0.15, 0.2) is 15.6 Å². The monoisotopic (exact) mass is 835 g/mol. The van der Waals surface area contributed by atoms with Crippen molar-refractivity contribution in [3.8, 4) is 11.5 Å². The fourth-order valence-corrected chi connectivity index (χ4v) is 7.78. The van der Waals surface area contributed by atoms with Crippen molar-refractivity contribution in [1.29, 1.82) is 0 Å². The molecule has 0 aliphatic carbocycles. The molecule has 0 saturated carbocycles. The van der Waals surface area contributed by atoms with Crippen LogP contribution in [-0.2, 0) is 57.2 Å². The quantitative estimate of drug-likeness (QED) is 0.0676. The summed E-state index contributed by atoms with van der Waals surface area (Å²) in [5, 5.41) is 28.6. The molecule has 0 spiro atoms. The molecule has 50 heavy (non-hydrogen) atoms. The first kappa shape index (κ1) is 46.4. The summed E-state index contributed by atoms with van der Waals surface area (Å²) in [4.78, 5) is -0.0672. The molecule has 263 valence electrons. The first-order valence-electron chi connectivity index (χ1n) is 13.2. The van der Waals surface area contributed by atoms with Crippen LogP contribution in [0.25, 0.3) is 10.8 Å². The van der Waals surface area contributed by atoms with Gasteiger partial charge >= 0.3 is 59.1 Å². The largest absolute Gasteiger partial charge is 1.00 e. The van der Waals surface area contributed by atoms with Gasteiger partial charge in [-0.15, -0.1) is 10.2 Å². The van der Waals surface area contributed by atoms with Crippen LogP contribution in [0.5, 0.6) is 11.5 Å². The topological polar surface area (TPSA) is 263 Å². The molecule has 0 atom stereocenters. The molecule has 23 heteroatoms. The molecule has 0 fully saturated rings. The molecule has 0 bridgehead atoms. The molecule has 3 N–H and O–H groups in total. The average Bonchev–Trinajstić information content (AvgIpc) is 2.98. The second-order valence-corrected chi connectivity index (χ2v) is 16.8. The van der Waals surface area contributed by atoms with Gasteiger partial charge in [0.25, 0.3) is 10.0 Å². The minimum absolute atomic E-state index is 0. The maximum absolute atomic E-state index is 12.7. The van der Waals surface area contributed by atoms with Crippen LogP contribution < -0.4 is 63.8 Å². The zero-order valence-corrected chi connectivity index (χ0v) is 34.7. The average molecular weight is 836 g/mol. The summed E-state index contributed by atoms with van der Waals surface area (Å²) >= 11 is 0. The number of phenolic OH excluding ortho intramolecular Hbond substituents is 2. The van der Waals surface area contributed by atoms with Crippen LogP contribution in [0.1, 0.15) is 0 Å². The van der Waals surface area contributed by atoms with Gasteiger partial charge in [0.05, 0.1) is 36.3 Å². The molecule has 0 amide bonds. The van der Waals surface area contributed by atoms with Crippen molar-refractivity contribution in [2.75, 3.05) is 36.4 Å². The number of azo groups is 1. The van der Waals surface area contributed by atoms with Crippen molar-refractivity contribution in [3.05, 3.63) is 72.8 Å². The Morgan fingerprint density at radius 2 is 1.38 bits per heavy atom. The summed E-state index contributed by atoms with van der Waals surface area (Å²) in [5.41, 5.74) is -1.16. The Morgan fingerprint density at radius 1 is 0.760 bits per heavy atom. The van der Waals surface area contributed by atoms with Crippen LogP contribution in [0.15, 0.2) is 97.7 Å². The van der Waals surface area contributed by atoms with Gasteiger partial charge in [0.1, 0.15) is 27.2 Å². The van der Waals surface area contributed by atoms with Gasteiger partial charge in [-0.25, -0.2) is 33.7 Å². The van der Waals surface area contributed by atoms with Gasteiger partial charge in [-0.05, 0) is 61.0 Å². The molecule has 4 aromatic rings. The zero-order chi connectivity index (χ0) is 34.8. The number of anilines is 1. The molecule has 0 aliphatic rings. The predicted molar refractivity (Wildman–Crippen MR) is 167 cm³/mol. The summed E-state index contributed by atoms with van der Waals surface area (Å²) in [6.07, 6.45) is 0. The van der Waals surface area contributed by atoms with Crippen molar-refractivity contribution in [2.24, 2.45) is 10.2 Å². The molecule has 0 unspecified atom stereocenters. The van der Waals surface area contributed by atoms with E-state index in [0.29, 0.717) is 0 Å². The summed E-state index contributed by atoms with van der Waals surface area (Å²) in [7, 11) is -16.4. The molecule has 4 rings (SSSR count). The summed E-state index contributed by atoms with van der Waals surface area (Å²) in [5.74, 6) is -2.70. The third kappa shape index (κ3) is 12.2. The minimum Gasteiger partial charge on any atom is -0.748 e. The molecule has 0 saturated heterocycles. The van der Waals surface area contributed by atoms with E-state index < -0.39 is 73.7 Å². The number of sulfone groups is 1. The van der Waals surface area contributed by atoms with E-state index in [1.165, 1.54) is 54.4 Å². The van der Waals surface area contributed by atoms with E-state index in [1.54, 1.807) is 6.07 Å². The van der Waals surface area contributed by atoms with Gasteiger partial charge in [-0.3, -0.25) is 4.72 Å². The number of benzene rings is 4. The second-order valence-electron chi connectivity index (χ2n) is 10.1. The summed E-state index contributed by atoms with van der Waals surface area (Å²) in [6.45, 7) is -0.322. The van der Waals surface area contributed by atoms with Crippen molar-refractivity contribution in [3.63, 3.8) is 0 Å². The number of aromatic hydroxyl groups is 2. The maximum atomic E-state index is 12.7. The Labute approximate surface area is 343 Å². The molecular formula is C27H26CuN4Na2O12S4. The van der Waals surface area contributed by atoms with Crippen molar-refractivity contribution in [2.45, 2.75) is 14.7 Å². The Hall–Kier alpha value is -1.66. The van der Waals surface area contributed by atoms with E-state index in [2.05, 4.69) is 15.0 Å². The van der Waals surface area contributed by atoms with E-state index in [4.69, 9.17) is 0 Å². The van der Waals surface area contributed by atoms with Crippen molar-refractivity contribution < 1.29 is 129 Å². The minimum atomic E-state index is -5.30. The SMILES string of the molecule is CN(CCS(=O)(=O)[O-])CCS(=O)(=O)c1ccc(N=Nc2c(S(=O)(=O)[O-])cc3cc(NS(=O)(=O)c4ccccc4)ccc3c2O)c(O)c1.[Cu].[Na+].[Na+]. The zero-order valence-electron chi connectivity index (χ0n) is 26.5. The molecule has 0 heterocycles. The molecular weight excluding hydrogens is 810 g/mol. The fraction of sp³-hybridized carbons (Fsp3) is 0.185. The Bertz CT molecular complexity index is 2320. The van der Waals surface area contributed by atoms with Gasteiger partial charge in [-0.1, -0.05) is 18.2 Å². The number of phenols is 2. The van der Waals surface area contributed by atoms with E-state index in [1.807, 2.05) is 0 Å². The van der Waals surface area contributed by atoms with Gasteiger partial charge in [0, 0.05) is 47.3 Å². The number of hydrogen-bond acceptors (Lipinski definition) is 15. The second kappa shape index (κ2) is 18.4. The normalized spacial score (nSPS) is 12.2. The molecule has 0 aromatic heterocycles. The third-order valence-electron chi connectivity index (χ3n) is 6.65. The number of sulfonamides is 1. The van der Waals surface area contributed by atoms with Crippen LogP contribution in [0.3, 0.4) is 0 Å². The first-order valence-corrected chi connectivity index (χ1v) is 19.3. The Morgan fingerprint density at radius 3 is 1.96 bits per heavy atom. The summed E-state index contributed by atoms with van der Waals surface area (Å²) in [6, 6.07) is 14.9. The van der Waals surface area contributed by atoms with Crippen molar-refractivity contribution >= 4 is 67.9 Å². The molecule has 16 nitrogen and oxygen atoms in total. The number of rotatable bonds is 13. The Kier molecular flexibility index (Phi) is 17.1. The van der Waals surface area contributed by atoms with Gasteiger partial charge in [-0.2, -0.15) is 0 Å². The fourth-order valence-electron chi connectivity index (χ4n) is 4.17. The van der Waals surface area contributed by atoms with Gasteiger partial charge in [0.2, 0.25) is 0 Å².